The van der Waals surface area contributed by atoms with Crippen molar-refractivity contribution in [1.82, 2.24) is 0 Å². The van der Waals surface area contributed by atoms with Crippen LogP contribution in [0.5, 0.6) is 0 Å². The van der Waals surface area contributed by atoms with E-state index in [1.54, 1.807) is 0 Å². The van der Waals surface area contributed by atoms with Crippen molar-refractivity contribution in [3.8, 4) is 0 Å². The molecule has 4 heteroatoms. The van der Waals surface area contributed by atoms with E-state index in [-0.39, 0.29) is 18.9 Å². The summed E-state index contributed by atoms with van der Waals surface area (Å²) in [7, 11) is 0. The molecule has 0 aliphatic heterocycles. The minimum atomic E-state index is -0.871. The Hall–Kier alpha value is -0.610. The average molecular weight is 229 g/mol. The minimum Gasteiger partial charge on any atom is -0.481 e. The topological polar surface area (TPSA) is 83.5 Å². The van der Waals surface area contributed by atoms with Gasteiger partial charge in [0.2, 0.25) is 0 Å². The summed E-state index contributed by atoms with van der Waals surface area (Å²) in [6, 6.07) is -0.262. The van der Waals surface area contributed by atoms with Crippen LogP contribution >= 0.6 is 0 Å². The number of aliphatic hydroxyl groups excluding tert-OH is 1. The zero-order valence-electron chi connectivity index (χ0n) is 9.77. The van der Waals surface area contributed by atoms with Crippen LogP contribution < -0.4 is 5.73 Å². The summed E-state index contributed by atoms with van der Waals surface area (Å²) in [4.78, 5) is 10.4. The number of aliphatic carboxylic acids is 1. The molecule has 0 aromatic rings. The van der Waals surface area contributed by atoms with Crippen molar-refractivity contribution in [2.75, 3.05) is 0 Å². The summed E-state index contributed by atoms with van der Waals surface area (Å²) in [5.74, 6) is -0.243. The first kappa shape index (κ1) is 13.5. The van der Waals surface area contributed by atoms with E-state index >= 15 is 0 Å². The van der Waals surface area contributed by atoms with E-state index in [4.69, 9.17) is 10.8 Å². The summed E-state index contributed by atoms with van der Waals surface area (Å²) in [5.41, 5.74) is 5.89. The van der Waals surface area contributed by atoms with E-state index in [1.165, 1.54) is 32.1 Å². The molecule has 1 saturated carbocycles. The van der Waals surface area contributed by atoms with Crippen LogP contribution in [0.1, 0.15) is 51.4 Å². The van der Waals surface area contributed by atoms with E-state index < -0.39 is 12.1 Å². The highest BCUT2D eigenvalue weighted by atomic mass is 16.4. The fraction of sp³-hybridized carbons (Fsp3) is 0.917. The molecule has 1 fully saturated rings. The zero-order chi connectivity index (χ0) is 12.0. The molecule has 0 amide bonds. The number of hydrogen-bond acceptors (Lipinski definition) is 3. The Bertz CT molecular complexity index is 214. The molecule has 1 aliphatic rings. The molecule has 1 rings (SSSR count). The van der Waals surface area contributed by atoms with Gasteiger partial charge < -0.3 is 15.9 Å². The SMILES string of the molecule is N[C@@H](CC1CCCCC1)[C@@H](O)CCC(=O)O. The number of hydrogen-bond donors (Lipinski definition) is 3. The van der Waals surface area contributed by atoms with E-state index in [0.29, 0.717) is 5.92 Å². The lowest BCUT2D eigenvalue weighted by Gasteiger charge is -2.26. The summed E-state index contributed by atoms with van der Waals surface area (Å²) >= 11 is 0. The summed E-state index contributed by atoms with van der Waals surface area (Å²) in [6.07, 6.45) is 6.69. The number of nitrogens with two attached hydrogens (primary N) is 1. The number of aliphatic hydroxyl groups is 1. The maximum Gasteiger partial charge on any atom is 0.303 e. The Balaban J connectivity index is 2.21. The van der Waals surface area contributed by atoms with E-state index in [2.05, 4.69) is 0 Å². The smallest absolute Gasteiger partial charge is 0.303 e. The molecule has 0 bridgehead atoms. The fourth-order valence-corrected chi connectivity index (χ4v) is 2.45. The number of carboxylic acids is 1. The van der Waals surface area contributed by atoms with Gasteiger partial charge in [0, 0.05) is 12.5 Å². The monoisotopic (exact) mass is 229 g/mol. The lowest BCUT2D eigenvalue weighted by molar-refractivity contribution is -0.137. The highest BCUT2D eigenvalue weighted by molar-refractivity contribution is 5.66. The second-order valence-corrected chi connectivity index (χ2v) is 4.90. The van der Waals surface area contributed by atoms with Crippen LogP contribution in [0.15, 0.2) is 0 Å². The third-order valence-corrected chi connectivity index (χ3v) is 3.48. The van der Waals surface area contributed by atoms with Gasteiger partial charge in [-0.25, -0.2) is 0 Å². The Morgan fingerprint density at radius 2 is 1.94 bits per heavy atom. The van der Waals surface area contributed by atoms with Crippen molar-refractivity contribution in [3.63, 3.8) is 0 Å². The summed E-state index contributed by atoms with van der Waals surface area (Å²) in [5, 5.41) is 18.2. The molecule has 0 saturated heterocycles. The van der Waals surface area contributed by atoms with E-state index in [1.807, 2.05) is 0 Å². The molecular weight excluding hydrogens is 206 g/mol. The fourth-order valence-electron chi connectivity index (χ4n) is 2.45. The van der Waals surface area contributed by atoms with Crippen molar-refractivity contribution in [1.29, 1.82) is 0 Å². The Morgan fingerprint density at radius 3 is 2.50 bits per heavy atom. The van der Waals surface area contributed by atoms with Gasteiger partial charge >= 0.3 is 5.97 Å². The quantitative estimate of drug-likeness (QED) is 0.644. The van der Waals surface area contributed by atoms with Crippen molar-refractivity contribution in [3.05, 3.63) is 0 Å². The molecule has 0 aromatic heterocycles. The number of carboxylic acid groups (broad SMARTS) is 1. The average Bonchev–Trinajstić information content (AvgIpc) is 2.27. The third kappa shape index (κ3) is 4.94. The first-order chi connectivity index (χ1) is 7.59. The molecule has 1 aliphatic carbocycles. The largest absolute Gasteiger partial charge is 0.481 e. The van der Waals surface area contributed by atoms with Gasteiger partial charge in [-0.1, -0.05) is 32.1 Å². The molecule has 0 radical (unpaired) electrons. The summed E-state index contributed by atoms with van der Waals surface area (Å²) < 4.78 is 0. The second-order valence-electron chi connectivity index (χ2n) is 4.90. The maximum atomic E-state index is 10.4. The molecule has 0 heterocycles. The molecule has 0 unspecified atom stereocenters. The first-order valence-corrected chi connectivity index (χ1v) is 6.25. The molecule has 4 nitrogen and oxygen atoms in total. The van der Waals surface area contributed by atoms with Crippen LogP contribution in [0.25, 0.3) is 0 Å². The number of rotatable bonds is 6. The molecule has 16 heavy (non-hydrogen) atoms. The molecule has 0 aromatic carbocycles. The van der Waals surface area contributed by atoms with Crippen LogP contribution in [0.4, 0.5) is 0 Å². The van der Waals surface area contributed by atoms with Crippen LogP contribution in [0, 0.1) is 5.92 Å². The second kappa shape index (κ2) is 6.86. The summed E-state index contributed by atoms with van der Waals surface area (Å²) in [6.45, 7) is 0. The van der Waals surface area contributed by atoms with Gasteiger partial charge in [0.1, 0.15) is 0 Å². The molecule has 4 N–H and O–H groups in total. The maximum absolute atomic E-state index is 10.4. The number of carbonyl (C=O) groups is 1. The first-order valence-electron chi connectivity index (χ1n) is 6.25. The van der Waals surface area contributed by atoms with Crippen LogP contribution in [0.3, 0.4) is 0 Å². The minimum absolute atomic E-state index is 0.000463. The van der Waals surface area contributed by atoms with Gasteiger partial charge in [-0.05, 0) is 18.8 Å². The molecule has 94 valence electrons. The van der Waals surface area contributed by atoms with E-state index in [0.717, 1.165) is 6.42 Å². The van der Waals surface area contributed by atoms with Gasteiger partial charge in [-0.3, -0.25) is 4.79 Å². The van der Waals surface area contributed by atoms with Gasteiger partial charge in [0.05, 0.1) is 6.10 Å². The predicted octanol–water partition coefficient (Wildman–Crippen LogP) is 1.51. The Kier molecular flexibility index (Phi) is 5.77. The lowest BCUT2D eigenvalue weighted by Crippen LogP contribution is -2.37. The van der Waals surface area contributed by atoms with Crippen molar-refractivity contribution in [2.45, 2.75) is 63.5 Å². The highest BCUT2D eigenvalue weighted by Gasteiger charge is 2.21. The van der Waals surface area contributed by atoms with Crippen LogP contribution in [0.2, 0.25) is 0 Å². The van der Waals surface area contributed by atoms with Gasteiger partial charge in [-0.15, -0.1) is 0 Å². The molecular formula is C12H23NO3. The van der Waals surface area contributed by atoms with Crippen LogP contribution in [-0.4, -0.2) is 28.3 Å². The molecule has 2 atom stereocenters. The Labute approximate surface area is 96.8 Å². The Morgan fingerprint density at radius 1 is 1.31 bits per heavy atom. The van der Waals surface area contributed by atoms with Gasteiger partial charge in [-0.2, -0.15) is 0 Å². The lowest BCUT2D eigenvalue weighted by atomic mass is 9.83. The van der Waals surface area contributed by atoms with Crippen LogP contribution in [-0.2, 0) is 4.79 Å². The van der Waals surface area contributed by atoms with Crippen molar-refractivity contribution >= 4 is 5.97 Å². The van der Waals surface area contributed by atoms with Gasteiger partial charge in [0.15, 0.2) is 0 Å². The normalized spacial score (nSPS) is 21.6. The molecule has 0 spiro atoms. The highest BCUT2D eigenvalue weighted by Crippen LogP contribution is 2.27. The van der Waals surface area contributed by atoms with E-state index in [9.17, 15) is 9.90 Å². The zero-order valence-corrected chi connectivity index (χ0v) is 9.77. The standard InChI is InChI=1S/C12H23NO3/c13-10(11(14)6-7-12(15)16)8-9-4-2-1-3-5-9/h9-11,14H,1-8,13H2,(H,15,16)/t10-,11-/m0/s1. The van der Waals surface area contributed by atoms with Crippen molar-refractivity contribution in [2.24, 2.45) is 11.7 Å². The van der Waals surface area contributed by atoms with Crippen molar-refractivity contribution < 1.29 is 15.0 Å². The third-order valence-electron chi connectivity index (χ3n) is 3.48. The predicted molar refractivity (Wildman–Crippen MR) is 62.0 cm³/mol. The van der Waals surface area contributed by atoms with Gasteiger partial charge in [0.25, 0.3) is 0 Å².